The molecule has 4 heterocycles. The van der Waals surface area contributed by atoms with E-state index in [2.05, 4.69) is 85.4 Å². The van der Waals surface area contributed by atoms with E-state index in [9.17, 15) is 0 Å². The first kappa shape index (κ1) is 76.2. The van der Waals surface area contributed by atoms with Gasteiger partial charge in [0.2, 0.25) is 0 Å². The van der Waals surface area contributed by atoms with Crippen molar-refractivity contribution in [2.75, 3.05) is 0 Å². The van der Waals surface area contributed by atoms with Gasteiger partial charge in [0, 0.05) is 152 Å². The number of hydrogen-bond donors (Lipinski definition) is 0. The molecule has 10 nitrogen and oxygen atoms in total. The van der Waals surface area contributed by atoms with Crippen molar-refractivity contribution >= 4 is 139 Å². The summed E-state index contributed by atoms with van der Waals surface area (Å²) in [5.74, 6) is 1.31. The molecule has 4 aromatic heterocycles. The summed E-state index contributed by atoms with van der Waals surface area (Å²) < 4.78 is 20.4. The van der Waals surface area contributed by atoms with Gasteiger partial charge in [-0.25, -0.2) is 19.9 Å². The maximum atomic E-state index is 6.51. The van der Waals surface area contributed by atoms with E-state index in [0.717, 1.165) is 85.2 Å². The third-order valence-electron chi connectivity index (χ3n) is 15.8. The van der Waals surface area contributed by atoms with E-state index in [0.29, 0.717) is 67.4 Å². The molecule has 22 heteroatoms. The van der Waals surface area contributed by atoms with Crippen molar-refractivity contribution in [2.45, 2.75) is 102 Å². The fourth-order valence-electron chi connectivity index (χ4n) is 10.6. The van der Waals surface area contributed by atoms with Crippen LogP contribution >= 0.6 is 139 Å². The van der Waals surface area contributed by atoms with Gasteiger partial charge < -0.3 is 27.7 Å². The van der Waals surface area contributed by atoms with Crippen LogP contribution in [0.5, 0.6) is 0 Å². The van der Waals surface area contributed by atoms with E-state index < -0.39 is 0 Å². The molecule has 508 valence electrons. The lowest BCUT2D eigenvalue weighted by Gasteiger charge is -2.21. The minimum atomic E-state index is -0.286. The number of benzene rings is 8. The molecule has 0 radical (unpaired) electrons. The first-order valence-corrected chi connectivity index (χ1v) is 36.3. The molecule has 0 aliphatic heterocycles. The fraction of sp³-hybridized carbons (Fsp3) is 0.211. The second-order valence-corrected chi connectivity index (χ2v) is 28.9. The minimum Gasteiger partial charge on any atom is -0.367 e. The molecular formula is C76H69Cl11N8O2S. The summed E-state index contributed by atoms with van der Waals surface area (Å²) in [4.78, 5) is 16.4. The zero-order valence-corrected chi connectivity index (χ0v) is 62.7. The van der Waals surface area contributed by atoms with Crippen LogP contribution in [0.2, 0.25) is 55.2 Å². The average molecular weight is 1550 g/mol. The molecule has 12 aromatic rings. The molecule has 0 N–H and O–H groups in total. The minimum absolute atomic E-state index is 0.253. The molecule has 0 aliphatic rings. The monoisotopic (exact) mass is 1540 g/mol. The van der Waals surface area contributed by atoms with Crippen LogP contribution in [0.25, 0.3) is 0 Å². The van der Waals surface area contributed by atoms with Gasteiger partial charge in [-0.2, -0.15) is 0 Å². The smallest absolute Gasteiger partial charge is 0.102 e. The van der Waals surface area contributed by atoms with Gasteiger partial charge in [0.1, 0.15) is 12.2 Å². The molecule has 8 aromatic carbocycles. The molecule has 4 atom stereocenters. The third kappa shape index (κ3) is 23.9. The van der Waals surface area contributed by atoms with Gasteiger partial charge in [0.15, 0.2) is 0 Å². The number of thioether (sulfide) groups is 1. The van der Waals surface area contributed by atoms with E-state index in [-0.39, 0.29) is 17.5 Å². The van der Waals surface area contributed by atoms with Crippen molar-refractivity contribution in [3.63, 3.8) is 0 Å². The van der Waals surface area contributed by atoms with Crippen molar-refractivity contribution in [3.05, 3.63) is 349 Å². The van der Waals surface area contributed by atoms with Gasteiger partial charge in [0.25, 0.3) is 0 Å². The number of imidazole rings is 4. The average Bonchev–Trinajstić information content (AvgIpc) is 1.07. The lowest BCUT2D eigenvalue weighted by atomic mass is 9.89. The summed E-state index contributed by atoms with van der Waals surface area (Å²) in [7, 11) is 0. The van der Waals surface area contributed by atoms with E-state index in [1.165, 1.54) is 27.8 Å². The highest BCUT2D eigenvalue weighted by Gasteiger charge is 2.22. The van der Waals surface area contributed by atoms with E-state index in [4.69, 9.17) is 137 Å². The van der Waals surface area contributed by atoms with Gasteiger partial charge in [0.05, 0.1) is 51.6 Å². The van der Waals surface area contributed by atoms with E-state index in [1.807, 2.05) is 150 Å². The normalized spacial score (nSPS) is 12.3. The molecule has 4 unspecified atom stereocenters. The van der Waals surface area contributed by atoms with E-state index >= 15 is 0 Å². The summed E-state index contributed by atoms with van der Waals surface area (Å²) in [6.07, 6.45) is 23.6. The summed E-state index contributed by atoms with van der Waals surface area (Å²) in [6, 6.07) is 50.6. The Kier molecular flexibility index (Phi) is 30.1. The van der Waals surface area contributed by atoms with Crippen molar-refractivity contribution in [3.8, 4) is 0 Å². The zero-order valence-electron chi connectivity index (χ0n) is 53.6. The lowest BCUT2D eigenvalue weighted by Crippen LogP contribution is -2.13. The quantitative estimate of drug-likeness (QED) is 0.0595. The second-order valence-electron chi connectivity index (χ2n) is 23.1. The molecule has 12 rings (SSSR count). The van der Waals surface area contributed by atoms with Crippen LogP contribution in [0.3, 0.4) is 0 Å². The Bertz CT molecular complexity index is 4240. The lowest BCUT2D eigenvalue weighted by molar-refractivity contribution is 0.0280. The molecule has 98 heavy (non-hydrogen) atoms. The van der Waals surface area contributed by atoms with Crippen molar-refractivity contribution in [1.82, 2.24) is 38.2 Å². The molecule has 0 spiro atoms. The first-order chi connectivity index (χ1) is 47.3. The van der Waals surface area contributed by atoms with Crippen LogP contribution in [-0.2, 0) is 61.0 Å². The molecule has 0 fully saturated rings. The molecule has 0 bridgehead atoms. The van der Waals surface area contributed by atoms with Crippen molar-refractivity contribution in [1.29, 1.82) is 0 Å². The topological polar surface area (TPSA) is 89.7 Å². The maximum Gasteiger partial charge on any atom is 0.102 e. The number of hydrogen-bond acceptors (Lipinski definition) is 7. The molecule has 0 saturated carbocycles. The Hall–Kier alpha value is -5.94. The Labute approximate surface area is 632 Å². The zero-order chi connectivity index (χ0) is 69.5. The number of rotatable bonds is 24. The number of aryl methyl sites for hydroxylation is 4. The highest BCUT2D eigenvalue weighted by molar-refractivity contribution is 7.98. The summed E-state index contributed by atoms with van der Waals surface area (Å²) in [6.45, 7) is 9.71. The molecule has 0 aliphatic carbocycles. The highest BCUT2D eigenvalue weighted by atomic mass is 35.5. The van der Waals surface area contributed by atoms with Crippen LogP contribution in [0.1, 0.15) is 91.0 Å². The predicted octanol–water partition coefficient (Wildman–Crippen LogP) is 24.7. The van der Waals surface area contributed by atoms with Crippen LogP contribution in [0.15, 0.2) is 233 Å². The number of nitrogens with zero attached hydrogens (tertiary/aromatic N) is 8. The van der Waals surface area contributed by atoms with Crippen LogP contribution < -0.4 is 0 Å². The fourth-order valence-corrected chi connectivity index (χ4v) is 14.6. The molecule has 0 saturated heterocycles. The largest absolute Gasteiger partial charge is 0.367 e. The summed E-state index contributed by atoms with van der Waals surface area (Å²) >= 11 is 69.9. The SMILES string of the molecule is Cc1cc(Cl)ccc1C(CCc1ccc(Cl)cc1)Cn1ccnc1.Cc1ccc(C(Cn2ccnc2)OCc2c(Cl)cccc2Cl)c(Cl)c1.Cc1ccc(C(Cn2ccnc2)SCc2ccc(Cl)cc2)c(Cl)c1.Clc1ccc(COC(Cn2ccnc2)c2ccc(Cl)cc2Cl)c(Cl)c1. The van der Waals surface area contributed by atoms with Crippen molar-refractivity contribution < 1.29 is 9.47 Å². The third-order valence-corrected chi connectivity index (χ3v) is 20.3. The Morgan fingerprint density at radius 1 is 0.388 bits per heavy atom. The molecular weight excluding hydrogens is 1480 g/mol. The Morgan fingerprint density at radius 2 is 0.816 bits per heavy atom. The second kappa shape index (κ2) is 38.7. The Balaban J connectivity index is 0.000000153. The summed E-state index contributed by atoms with van der Waals surface area (Å²) in [5.41, 5.74) is 12.0. The molecule has 0 amide bonds. The van der Waals surface area contributed by atoms with Gasteiger partial charge in [-0.15, -0.1) is 11.8 Å². The van der Waals surface area contributed by atoms with E-state index in [1.54, 1.807) is 67.6 Å². The Morgan fingerprint density at radius 3 is 1.31 bits per heavy atom. The predicted molar refractivity (Wildman–Crippen MR) is 410 cm³/mol. The number of ether oxygens (including phenoxy) is 2. The van der Waals surface area contributed by atoms with Crippen molar-refractivity contribution in [2.24, 2.45) is 0 Å². The highest BCUT2D eigenvalue weighted by Crippen LogP contribution is 2.39. The first-order valence-electron chi connectivity index (χ1n) is 31.1. The maximum absolute atomic E-state index is 6.51. The van der Waals surface area contributed by atoms with Gasteiger partial charge in [-0.05, 0) is 163 Å². The van der Waals surface area contributed by atoms with Gasteiger partial charge >= 0.3 is 0 Å². The van der Waals surface area contributed by atoms with Crippen LogP contribution in [0, 0.1) is 20.8 Å². The standard InChI is InChI=1S/C20H20Cl2N2.C19H17Cl3N2O.C19H18Cl2N2S.C18H14Cl4N2O/c1-15-12-19(22)8-9-20(15)17(13-24-11-10-23-14-24)5-2-16-3-6-18(21)7-4-16;1-13-5-6-14(18(22)9-13)19(10-24-8-7-23-12-24)25-11-15-16(20)3-2-4-17(15)21;1-14-2-7-17(18(21)10-14)19(11-23-9-8-22-13-23)24-12-15-3-5-16(20)6-4-15;19-13-2-1-12(16(21)7-13)10-25-18(9-24-6-5-23-11-24)15-4-3-14(20)8-17(15)22/h3-4,6-12,14,17H,2,5,13H2,1H3;2-9,12,19H,10-11H2,1H3;2-10,13,19H,11-12H2,1H3;1-8,11,18H,9-10H2. The number of halogens is 11. The van der Waals surface area contributed by atoms with Crippen LogP contribution in [-0.4, -0.2) is 38.2 Å². The van der Waals surface area contributed by atoms with Gasteiger partial charge in [-0.1, -0.05) is 200 Å². The summed E-state index contributed by atoms with van der Waals surface area (Å²) in [5, 5.41) is 7.55. The van der Waals surface area contributed by atoms with Crippen LogP contribution in [0.4, 0.5) is 0 Å². The number of aromatic nitrogens is 8. The van der Waals surface area contributed by atoms with Gasteiger partial charge in [-0.3, -0.25) is 0 Å².